The highest BCUT2D eigenvalue weighted by atomic mass is 35.5. The summed E-state index contributed by atoms with van der Waals surface area (Å²) in [5.74, 6) is -1.28. The molecule has 1 aliphatic carbocycles. The lowest BCUT2D eigenvalue weighted by molar-refractivity contribution is -0.136. The molecule has 0 heterocycles. The normalized spacial score (nSPS) is 14.6. The zero-order valence-corrected chi connectivity index (χ0v) is 11.7. The molecule has 0 unspecified atom stereocenters. The maximum Gasteiger partial charge on any atom is 0.307 e. The van der Waals surface area contributed by atoms with Crippen LogP contribution in [0.25, 0.3) is 5.57 Å². The molecule has 0 bridgehead atoms. The predicted octanol–water partition coefficient (Wildman–Crippen LogP) is 3.76. The largest absolute Gasteiger partial charge is 0.496 e. The van der Waals surface area contributed by atoms with E-state index in [1.165, 1.54) is 13.2 Å². The topological polar surface area (TPSA) is 46.5 Å². The predicted molar refractivity (Wildman–Crippen MR) is 75.4 cm³/mol. The zero-order valence-electron chi connectivity index (χ0n) is 11.0. The van der Waals surface area contributed by atoms with Gasteiger partial charge in [0.2, 0.25) is 0 Å². The highest BCUT2D eigenvalue weighted by molar-refractivity contribution is 6.30. The molecule has 0 saturated heterocycles. The van der Waals surface area contributed by atoms with Gasteiger partial charge in [0.1, 0.15) is 11.6 Å². The molecule has 1 aromatic rings. The van der Waals surface area contributed by atoms with Crippen molar-refractivity contribution in [3.63, 3.8) is 0 Å². The smallest absolute Gasteiger partial charge is 0.307 e. The number of carboxylic acids is 1. The van der Waals surface area contributed by atoms with Gasteiger partial charge in [-0.15, -0.1) is 0 Å². The number of methoxy groups -OCH3 is 1. The van der Waals surface area contributed by atoms with E-state index in [4.69, 9.17) is 21.4 Å². The molecule has 2 rings (SSSR count). The van der Waals surface area contributed by atoms with Gasteiger partial charge in [-0.05, 0) is 36.1 Å². The molecule has 1 N–H and O–H groups in total. The van der Waals surface area contributed by atoms with Crippen LogP contribution in [-0.4, -0.2) is 18.2 Å². The summed E-state index contributed by atoms with van der Waals surface area (Å²) in [6.45, 7) is 0. The van der Waals surface area contributed by atoms with Gasteiger partial charge in [-0.2, -0.15) is 0 Å². The molecule has 1 aliphatic rings. The van der Waals surface area contributed by atoms with Crippen molar-refractivity contribution in [3.8, 4) is 5.75 Å². The van der Waals surface area contributed by atoms with E-state index in [0.29, 0.717) is 16.4 Å². The molecule has 0 fully saturated rings. The Hall–Kier alpha value is -1.81. The maximum absolute atomic E-state index is 14.5. The van der Waals surface area contributed by atoms with Crippen molar-refractivity contribution in [3.05, 3.63) is 46.3 Å². The van der Waals surface area contributed by atoms with Gasteiger partial charge in [-0.25, -0.2) is 4.39 Å². The van der Waals surface area contributed by atoms with Crippen molar-refractivity contribution >= 4 is 23.1 Å². The van der Waals surface area contributed by atoms with E-state index in [9.17, 15) is 9.18 Å². The number of carbonyl (C=O) groups is 1. The second-order valence-electron chi connectivity index (χ2n) is 4.48. The third-order valence-electron chi connectivity index (χ3n) is 3.09. The van der Waals surface area contributed by atoms with Crippen LogP contribution in [0.1, 0.15) is 24.0 Å². The first-order valence-electron chi connectivity index (χ1n) is 6.16. The summed E-state index contributed by atoms with van der Waals surface area (Å²) in [6.07, 6.45) is 4.64. The van der Waals surface area contributed by atoms with Crippen LogP contribution < -0.4 is 4.74 Å². The summed E-state index contributed by atoms with van der Waals surface area (Å²) in [4.78, 5) is 10.8. The molecule has 1 aromatic carbocycles. The van der Waals surface area contributed by atoms with Crippen molar-refractivity contribution in [1.29, 1.82) is 0 Å². The molecule has 0 radical (unpaired) electrons. The zero-order chi connectivity index (χ0) is 14.7. The van der Waals surface area contributed by atoms with Crippen LogP contribution in [0.5, 0.6) is 5.75 Å². The molecule has 106 valence electrons. The van der Waals surface area contributed by atoms with Crippen molar-refractivity contribution in [2.45, 2.75) is 19.3 Å². The number of carboxylic acid groups (broad SMARTS) is 1. The van der Waals surface area contributed by atoms with Gasteiger partial charge in [0.25, 0.3) is 0 Å². The van der Waals surface area contributed by atoms with Crippen molar-refractivity contribution < 1.29 is 19.0 Å². The van der Waals surface area contributed by atoms with Crippen LogP contribution in [0.2, 0.25) is 0 Å². The molecule has 0 spiro atoms. The Bertz CT molecular complexity index is 605. The Kier molecular flexibility index (Phi) is 4.45. The summed E-state index contributed by atoms with van der Waals surface area (Å²) in [7, 11) is 1.45. The van der Waals surface area contributed by atoms with Gasteiger partial charge in [0, 0.05) is 5.03 Å². The molecule has 5 heteroatoms. The fourth-order valence-corrected chi connectivity index (χ4v) is 2.41. The van der Waals surface area contributed by atoms with Gasteiger partial charge in [0.15, 0.2) is 0 Å². The van der Waals surface area contributed by atoms with Crippen LogP contribution in [0.4, 0.5) is 4.39 Å². The lowest BCUT2D eigenvalue weighted by atomic mass is 9.95. The minimum atomic E-state index is -1.08. The third kappa shape index (κ3) is 3.02. The highest BCUT2D eigenvalue weighted by Crippen LogP contribution is 2.35. The van der Waals surface area contributed by atoms with Crippen molar-refractivity contribution in [1.82, 2.24) is 0 Å². The van der Waals surface area contributed by atoms with Crippen LogP contribution >= 0.6 is 11.6 Å². The standard InChI is InChI=1S/C15H14ClFO3/c1-20-12-6-5-10(8-13(18)19)15(17)14(12)9-3-2-4-11(16)7-9/h3,5-7H,2,4,8H2,1H3,(H,18,19). The van der Waals surface area contributed by atoms with Gasteiger partial charge in [0.05, 0.1) is 19.1 Å². The van der Waals surface area contributed by atoms with E-state index < -0.39 is 11.8 Å². The molecule has 0 aromatic heterocycles. The van der Waals surface area contributed by atoms with E-state index in [-0.39, 0.29) is 17.5 Å². The van der Waals surface area contributed by atoms with E-state index >= 15 is 0 Å². The van der Waals surface area contributed by atoms with E-state index in [1.54, 1.807) is 12.1 Å². The number of aliphatic carboxylic acids is 1. The summed E-state index contributed by atoms with van der Waals surface area (Å²) >= 11 is 6.00. The third-order valence-corrected chi connectivity index (χ3v) is 3.39. The minimum Gasteiger partial charge on any atom is -0.496 e. The monoisotopic (exact) mass is 296 g/mol. The van der Waals surface area contributed by atoms with E-state index in [0.717, 1.165) is 12.8 Å². The average Bonchev–Trinajstić information content (AvgIpc) is 2.40. The molecule has 0 atom stereocenters. The van der Waals surface area contributed by atoms with Gasteiger partial charge < -0.3 is 9.84 Å². The fraction of sp³-hybridized carbons (Fsp3) is 0.267. The first-order chi connectivity index (χ1) is 9.52. The Labute approximate surface area is 121 Å². The average molecular weight is 297 g/mol. The second-order valence-corrected chi connectivity index (χ2v) is 4.96. The highest BCUT2D eigenvalue weighted by Gasteiger charge is 2.19. The van der Waals surface area contributed by atoms with E-state index in [2.05, 4.69) is 0 Å². The molecule has 20 heavy (non-hydrogen) atoms. The summed E-state index contributed by atoms with van der Waals surface area (Å²) in [5.41, 5.74) is 1.02. The summed E-state index contributed by atoms with van der Waals surface area (Å²) < 4.78 is 19.7. The Balaban J connectivity index is 2.54. The van der Waals surface area contributed by atoms with Crippen molar-refractivity contribution in [2.24, 2.45) is 0 Å². The Morgan fingerprint density at radius 1 is 1.50 bits per heavy atom. The maximum atomic E-state index is 14.5. The number of ether oxygens (including phenoxy) is 1. The van der Waals surface area contributed by atoms with Crippen LogP contribution in [-0.2, 0) is 11.2 Å². The van der Waals surface area contributed by atoms with E-state index in [1.807, 2.05) is 6.08 Å². The second kappa shape index (κ2) is 6.09. The minimum absolute atomic E-state index is 0.129. The first-order valence-corrected chi connectivity index (χ1v) is 6.54. The lowest BCUT2D eigenvalue weighted by Gasteiger charge is -2.16. The Morgan fingerprint density at radius 2 is 2.25 bits per heavy atom. The first kappa shape index (κ1) is 14.6. The number of rotatable bonds is 4. The van der Waals surface area contributed by atoms with Crippen LogP contribution in [0, 0.1) is 5.82 Å². The van der Waals surface area contributed by atoms with Gasteiger partial charge in [-0.1, -0.05) is 23.7 Å². The van der Waals surface area contributed by atoms with Crippen LogP contribution in [0.3, 0.4) is 0 Å². The number of allylic oxidation sites excluding steroid dienone is 4. The SMILES string of the molecule is COc1ccc(CC(=O)O)c(F)c1C1=CCCC(Cl)=C1. The Morgan fingerprint density at radius 3 is 2.85 bits per heavy atom. The number of hydrogen-bond acceptors (Lipinski definition) is 2. The fourth-order valence-electron chi connectivity index (χ4n) is 2.18. The molecule has 0 aliphatic heterocycles. The molecular weight excluding hydrogens is 283 g/mol. The number of benzene rings is 1. The molecule has 0 saturated carbocycles. The van der Waals surface area contributed by atoms with Crippen molar-refractivity contribution in [2.75, 3.05) is 7.11 Å². The van der Waals surface area contributed by atoms with Crippen LogP contribution in [0.15, 0.2) is 29.3 Å². The van der Waals surface area contributed by atoms with Gasteiger partial charge >= 0.3 is 5.97 Å². The summed E-state index contributed by atoms with van der Waals surface area (Å²) in [5, 5.41) is 9.46. The van der Waals surface area contributed by atoms with Gasteiger partial charge in [-0.3, -0.25) is 4.79 Å². The molecule has 3 nitrogen and oxygen atoms in total. The summed E-state index contributed by atoms with van der Waals surface area (Å²) in [6, 6.07) is 3.01. The molecule has 0 amide bonds. The quantitative estimate of drug-likeness (QED) is 0.920. The number of halogens is 2. The number of hydrogen-bond donors (Lipinski definition) is 1. The molecular formula is C15H14ClFO3. The lowest BCUT2D eigenvalue weighted by Crippen LogP contribution is -2.06.